The van der Waals surface area contributed by atoms with Gasteiger partial charge < -0.3 is 0 Å². The first-order valence-corrected chi connectivity index (χ1v) is 6.91. The van der Waals surface area contributed by atoms with Crippen molar-refractivity contribution < 1.29 is 0 Å². The normalized spacial score (nSPS) is 12.5. The number of para-hydroxylation sites is 1. The van der Waals surface area contributed by atoms with E-state index in [0.29, 0.717) is 0 Å². The smallest absolute Gasteiger partial charge is 0.0930 e. The second-order valence-electron chi connectivity index (χ2n) is 4.75. The summed E-state index contributed by atoms with van der Waals surface area (Å²) < 4.78 is 3.71. The molecule has 0 saturated carbocycles. The number of hydrogen-bond donors (Lipinski definition) is 2. The molecule has 108 valence electrons. The highest BCUT2D eigenvalue weighted by Gasteiger charge is 2.17. The predicted molar refractivity (Wildman–Crippen MR) is 80.6 cm³/mol. The molecule has 2 heterocycles. The summed E-state index contributed by atoms with van der Waals surface area (Å²) in [6.07, 6.45) is 5.72. The Morgan fingerprint density at radius 2 is 2.05 bits per heavy atom. The average molecular weight is 282 g/mol. The number of aryl methyl sites for hydroxylation is 1. The van der Waals surface area contributed by atoms with Gasteiger partial charge in [-0.05, 0) is 25.1 Å². The van der Waals surface area contributed by atoms with Gasteiger partial charge in [0.2, 0.25) is 0 Å². The molecule has 6 nitrogen and oxygen atoms in total. The van der Waals surface area contributed by atoms with Crippen LogP contribution in [0.1, 0.15) is 24.2 Å². The maximum Gasteiger partial charge on any atom is 0.0930 e. The molecule has 0 aliphatic carbocycles. The Balaban J connectivity index is 1.90. The molecular formula is C15H18N6. The molecule has 3 aromatic rings. The maximum atomic E-state index is 5.70. The molecule has 0 aliphatic rings. The highest BCUT2D eigenvalue weighted by Crippen LogP contribution is 2.20. The Kier molecular flexibility index (Phi) is 3.81. The van der Waals surface area contributed by atoms with E-state index >= 15 is 0 Å². The lowest BCUT2D eigenvalue weighted by molar-refractivity contribution is 0.608. The Labute approximate surface area is 123 Å². The van der Waals surface area contributed by atoms with Crippen LogP contribution in [0.4, 0.5) is 0 Å². The Morgan fingerprint density at radius 3 is 2.71 bits per heavy atom. The van der Waals surface area contributed by atoms with Crippen LogP contribution in [0.5, 0.6) is 0 Å². The van der Waals surface area contributed by atoms with E-state index in [1.807, 2.05) is 71.3 Å². The molecule has 2 aromatic heterocycles. The second-order valence-corrected chi connectivity index (χ2v) is 4.75. The van der Waals surface area contributed by atoms with Crippen LogP contribution in [0.25, 0.3) is 5.69 Å². The number of aromatic nitrogens is 4. The largest absolute Gasteiger partial charge is 0.273 e. The van der Waals surface area contributed by atoms with E-state index in [0.717, 1.165) is 23.5 Å². The zero-order chi connectivity index (χ0) is 14.7. The van der Waals surface area contributed by atoms with Crippen molar-refractivity contribution in [1.29, 1.82) is 0 Å². The number of nitrogens with two attached hydrogens (primary N) is 1. The van der Waals surface area contributed by atoms with Crippen molar-refractivity contribution in [2.24, 2.45) is 5.84 Å². The van der Waals surface area contributed by atoms with E-state index in [1.165, 1.54) is 0 Å². The zero-order valence-electron chi connectivity index (χ0n) is 11.8. The molecular weight excluding hydrogens is 264 g/mol. The lowest BCUT2D eigenvalue weighted by atomic mass is 10.1. The summed E-state index contributed by atoms with van der Waals surface area (Å²) >= 11 is 0. The molecule has 6 heteroatoms. The highest BCUT2D eigenvalue weighted by molar-refractivity contribution is 5.32. The van der Waals surface area contributed by atoms with Gasteiger partial charge in [-0.3, -0.25) is 10.5 Å². The Morgan fingerprint density at radius 1 is 1.24 bits per heavy atom. The van der Waals surface area contributed by atoms with Gasteiger partial charge in [0.05, 0.1) is 23.6 Å². The number of hydrogen-bond acceptors (Lipinski definition) is 4. The van der Waals surface area contributed by atoms with Crippen LogP contribution in [0.2, 0.25) is 0 Å². The third-order valence-electron chi connectivity index (χ3n) is 3.40. The van der Waals surface area contributed by atoms with E-state index in [-0.39, 0.29) is 6.04 Å². The van der Waals surface area contributed by atoms with Gasteiger partial charge in [0.25, 0.3) is 0 Å². The van der Waals surface area contributed by atoms with Crippen molar-refractivity contribution in [3.8, 4) is 5.69 Å². The number of benzene rings is 1. The number of nitrogens with zero attached hydrogens (tertiary/aromatic N) is 4. The van der Waals surface area contributed by atoms with Gasteiger partial charge in [0.1, 0.15) is 0 Å². The molecule has 0 saturated heterocycles. The maximum absolute atomic E-state index is 5.70. The predicted octanol–water partition coefficient (Wildman–Crippen LogP) is 1.64. The first kappa shape index (κ1) is 13.5. The summed E-state index contributed by atoms with van der Waals surface area (Å²) in [7, 11) is 0. The molecule has 21 heavy (non-hydrogen) atoms. The van der Waals surface area contributed by atoms with Crippen LogP contribution in [-0.4, -0.2) is 19.6 Å². The minimum Gasteiger partial charge on any atom is -0.273 e. The van der Waals surface area contributed by atoms with Gasteiger partial charge in [-0.1, -0.05) is 18.2 Å². The lowest BCUT2D eigenvalue weighted by Gasteiger charge is -2.11. The fourth-order valence-corrected chi connectivity index (χ4v) is 2.27. The number of rotatable bonds is 5. The summed E-state index contributed by atoms with van der Waals surface area (Å²) in [5, 5.41) is 8.88. The quantitative estimate of drug-likeness (QED) is 0.551. The van der Waals surface area contributed by atoms with Gasteiger partial charge in [-0.15, -0.1) is 0 Å². The van der Waals surface area contributed by atoms with Crippen molar-refractivity contribution in [3.05, 3.63) is 66.2 Å². The molecule has 0 bridgehead atoms. The fourth-order valence-electron chi connectivity index (χ4n) is 2.27. The van der Waals surface area contributed by atoms with Crippen LogP contribution in [0, 0.1) is 0 Å². The molecule has 0 amide bonds. The van der Waals surface area contributed by atoms with Crippen molar-refractivity contribution in [1.82, 2.24) is 25.0 Å². The third kappa shape index (κ3) is 2.72. The van der Waals surface area contributed by atoms with Crippen LogP contribution in [0.15, 0.2) is 55.0 Å². The Bertz CT molecular complexity index is 700. The summed E-state index contributed by atoms with van der Waals surface area (Å²) in [6, 6.07) is 11.8. The van der Waals surface area contributed by atoms with Crippen LogP contribution >= 0.6 is 0 Å². The number of nitrogens with one attached hydrogen (secondary N) is 1. The van der Waals surface area contributed by atoms with E-state index in [4.69, 9.17) is 5.84 Å². The summed E-state index contributed by atoms with van der Waals surface area (Å²) in [5.41, 5.74) is 5.68. The summed E-state index contributed by atoms with van der Waals surface area (Å²) in [5.74, 6) is 5.70. The van der Waals surface area contributed by atoms with E-state index in [2.05, 4.69) is 15.6 Å². The fraction of sp³-hybridized carbons (Fsp3) is 0.200. The van der Waals surface area contributed by atoms with Crippen molar-refractivity contribution >= 4 is 0 Å². The molecule has 0 spiro atoms. The molecule has 1 atom stereocenters. The molecule has 3 rings (SSSR count). The summed E-state index contributed by atoms with van der Waals surface area (Å²) in [4.78, 5) is 0. The SMILES string of the molecule is CCn1cc(C(NN)c2ccn(-c3ccccc3)n2)cn1. The van der Waals surface area contributed by atoms with Gasteiger partial charge in [0.15, 0.2) is 0 Å². The van der Waals surface area contributed by atoms with Gasteiger partial charge in [-0.2, -0.15) is 10.2 Å². The van der Waals surface area contributed by atoms with Crippen LogP contribution in [-0.2, 0) is 6.54 Å². The third-order valence-corrected chi connectivity index (χ3v) is 3.40. The monoisotopic (exact) mass is 282 g/mol. The number of hydrazine groups is 1. The minimum absolute atomic E-state index is 0.171. The van der Waals surface area contributed by atoms with Crippen molar-refractivity contribution in [3.63, 3.8) is 0 Å². The molecule has 0 radical (unpaired) electrons. The molecule has 0 fully saturated rings. The van der Waals surface area contributed by atoms with E-state index in [9.17, 15) is 0 Å². The second kappa shape index (κ2) is 5.90. The molecule has 1 unspecified atom stereocenters. The first-order chi connectivity index (χ1) is 10.3. The van der Waals surface area contributed by atoms with Crippen molar-refractivity contribution in [2.75, 3.05) is 0 Å². The van der Waals surface area contributed by atoms with Crippen LogP contribution in [0.3, 0.4) is 0 Å². The molecule has 3 N–H and O–H groups in total. The van der Waals surface area contributed by atoms with Gasteiger partial charge >= 0.3 is 0 Å². The van der Waals surface area contributed by atoms with Gasteiger partial charge in [0, 0.05) is 24.5 Å². The average Bonchev–Trinajstić information content (AvgIpc) is 3.19. The zero-order valence-corrected chi connectivity index (χ0v) is 11.8. The summed E-state index contributed by atoms with van der Waals surface area (Å²) in [6.45, 7) is 2.88. The van der Waals surface area contributed by atoms with Crippen molar-refractivity contribution in [2.45, 2.75) is 19.5 Å². The van der Waals surface area contributed by atoms with Gasteiger partial charge in [-0.25, -0.2) is 10.1 Å². The van der Waals surface area contributed by atoms with Crippen LogP contribution < -0.4 is 11.3 Å². The lowest BCUT2D eigenvalue weighted by Crippen LogP contribution is -2.29. The minimum atomic E-state index is -0.171. The highest BCUT2D eigenvalue weighted by atomic mass is 15.3. The van der Waals surface area contributed by atoms with E-state index in [1.54, 1.807) is 0 Å². The Hall–Kier alpha value is -2.44. The molecule has 0 aliphatic heterocycles. The first-order valence-electron chi connectivity index (χ1n) is 6.91. The molecule has 1 aromatic carbocycles. The topological polar surface area (TPSA) is 73.7 Å². The standard InChI is InChI=1S/C15H18N6/c1-2-20-11-12(10-17-20)15(18-16)14-8-9-21(19-14)13-6-4-3-5-7-13/h3-11,15,18H,2,16H2,1H3. The van der Waals surface area contributed by atoms with E-state index < -0.39 is 0 Å².